The molecule has 1 unspecified atom stereocenters. The van der Waals surface area contributed by atoms with E-state index >= 15 is 0 Å². The fourth-order valence-corrected chi connectivity index (χ4v) is 3.00. The second-order valence-electron chi connectivity index (χ2n) is 7.73. The average molecular weight is 397 g/mol. The smallest absolute Gasteiger partial charge is 0.407 e. The van der Waals surface area contributed by atoms with Crippen molar-refractivity contribution in [2.45, 2.75) is 32.4 Å². The first kappa shape index (κ1) is 20.4. The van der Waals surface area contributed by atoms with Gasteiger partial charge in [-0.15, -0.1) is 0 Å². The lowest BCUT2D eigenvalue weighted by atomic mass is 10.1. The maximum absolute atomic E-state index is 13.5. The number of aromatic amines is 1. The van der Waals surface area contributed by atoms with E-state index in [4.69, 9.17) is 4.74 Å². The number of hydrogen-bond acceptors (Lipinski definition) is 3. The van der Waals surface area contributed by atoms with Crippen LogP contribution in [0.1, 0.15) is 37.9 Å². The average Bonchev–Trinajstić information content (AvgIpc) is 3.04. The largest absolute Gasteiger partial charge is 0.623 e. The maximum atomic E-state index is 13.5. The molecule has 3 aromatic rings. The molecule has 2 aromatic carbocycles. The van der Waals surface area contributed by atoms with Crippen molar-refractivity contribution in [3.8, 4) is 0 Å². The molecule has 0 aliphatic carbocycles. The summed E-state index contributed by atoms with van der Waals surface area (Å²) in [5, 5.41) is 16.4. The van der Waals surface area contributed by atoms with E-state index in [9.17, 15) is 14.4 Å². The molecule has 6 nitrogen and oxygen atoms in total. The van der Waals surface area contributed by atoms with Gasteiger partial charge in [0.05, 0.1) is 6.54 Å². The van der Waals surface area contributed by atoms with Crippen LogP contribution in [-0.4, -0.2) is 34.2 Å². The van der Waals surface area contributed by atoms with E-state index < -0.39 is 17.7 Å². The van der Waals surface area contributed by atoms with Crippen LogP contribution in [0.4, 0.5) is 9.18 Å². The van der Waals surface area contributed by atoms with Gasteiger partial charge in [0.2, 0.25) is 6.04 Å². The fraction of sp³-hybridized carbons (Fsp3) is 0.273. The van der Waals surface area contributed by atoms with E-state index in [0.29, 0.717) is 16.5 Å². The molecule has 2 N–H and O–H groups in total. The van der Waals surface area contributed by atoms with Crippen molar-refractivity contribution in [2.75, 3.05) is 6.54 Å². The van der Waals surface area contributed by atoms with E-state index in [0.717, 1.165) is 10.3 Å². The molecule has 1 heterocycles. The van der Waals surface area contributed by atoms with Crippen molar-refractivity contribution in [1.29, 1.82) is 0 Å². The summed E-state index contributed by atoms with van der Waals surface area (Å²) in [7, 11) is 0. The van der Waals surface area contributed by atoms with Gasteiger partial charge in [0.15, 0.2) is 6.21 Å². The van der Waals surface area contributed by atoms with E-state index in [1.165, 1.54) is 18.3 Å². The van der Waals surface area contributed by atoms with Crippen molar-refractivity contribution in [2.24, 2.45) is 0 Å². The van der Waals surface area contributed by atoms with Gasteiger partial charge in [-0.1, -0.05) is 18.2 Å². The Balaban J connectivity index is 1.92. The molecule has 0 fully saturated rings. The zero-order valence-electron chi connectivity index (χ0n) is 16.6. The second kappa shape index (κ2) is 8.34. The summed E-state index contributed by atoms with van der Waals surface area (Å²) < 4.78 is 19.6. The lowest BCUT2D eigenvalue weighted by molar-refractivity contribution is -0.500. The van der Waals surface area contributed by atoms with Crippen LogP contribution >= 0.6 is 0 Å². The molecule has 0 radical (unpaired) electrons. The topological polar surface area (TPSA) is 80.2 Å². The van der Waals surface area contributed by atoms with E-state index in [1.807, 2.05) is 30.3 Å². The highest BCUT2D eigenvalue weighted by atomic mass is 19.1. The Bertz CT molecular complexity index is 1020. The highest BCUT2D eigenvalue weighted by Crippen LogP contribution is 2.27. The predicted octanol–water partition coefficient (Wildman–Crippen LogP) is 4.50. The molecule has 1 atom stereocenters. The molecular formula is C22H24FN3O3. The Hall–Kier alpha value is -3.35. The standard InChI is InChI=1S/C22H24FN3O3/c1-22(2,3)29-21(27)25-13-20(26(28)14-15-7-5-4-6-8-15)18-12-24-19-11-16(23)9-10-17(18)19/h4-12,14,20,24H,13H2,1-3H3,(H,25,27)/b26-14-. The molecular weight excluding hydrogens is 373 g/mol. The van der Waals surface area contributed by atoms with Crippen LogP contribution in [0.25, 0.3) is 10.9 Å². The third kappa shape index (κ3) is 5.34. The number of carbonyl (C=O) groups is 1. The number of nitrogens with one attached hydrogen (secondary N) is 2. The zero-order chi connectivity index (χ0) is 21.0. The number of ether oxygens (including phenoxy) is 1. The van der Waals surface area contributed by atoms with Crippen LogP contribution in [0.2, 0.25) is 0 Å². The van der Waals surface area contributed by atoms with Gasteiger partial charge in [-0.25, -0.2) is 13.9 Å². The van der Waals surface area contributed by atoms with Gasteiger partial charge in [0, 0.05) is 28.2 Å². The number of carbonyl (C=O) groups excluding carboxylic acids is 1. The highest BCUT2D eigenvalue weighted by Gasteiger charge is 2.25. The monoisotopic (exact) mass is 397 g/mol. The third-order valence-corrected chi connectivity index (χ3v) is 4.26. The lowest BCUT2D eigenvalue weighted by Crippen LogP contribution is -2.36. The van der Waals surface area contributed by atoms with Crippen LogP contribution in [0, 0.1) is 11.0 Å². The van der Waals surface area contributed by atoms with Gasteiger partial charge in [0.1, 0.15) is 11.4 Å². The summed E-state index contributed by atoms with van der Waals surface area (Å²) in [6, 6.07) is 12.8. The summed E-state index contributed by atoms with van der Waals surface area (Å²) in [6.45, 7) is 5.32. The second-order valence-corrected chi connectivity index (χ2v) is 7.73. The predicted molar refractivity (Wildman–Crippen MR) is 110 cm³/mol. The number of rotatable bonds is 5. The zero-order valence-corrected chi connectivity index (χ0v) is 16.6. The molecule has 0 aliphatic heterocycles. The molecule has 7 heteroatoms. The lowest BCUT2D eigenvalue weighted by Gasteiger charge is -2.21. The van der Waals surface area contributed by atoms with Crippen molar-refractivity contribution in [3.63, 3.8) is 0 Å². The van der Waals surface area contributed by atoms with Gasteiger partial charge in [-0.3, -0.25) is 0 Å². The minimum Gasteiger partial charge on any atom is -0.623 e. The number of hydrogen-bond donors (Lipinski definition) is 2. The van der Waals surface area contributed by atoms with Crippen LogP contribution in [0.5, 0.6) is 0 Å². The summed E-state index contributed by atoms with van der Waals surface area (Å²) in [4.78, 5) is 15.1. The Morgan fingerprint density at radius 1 is 1.28 bits per heavy atom. The molecule has 0 saturated carbocycles. The van der Waals surface area contributed by atoms with Crippen molar-refractivity contribution in [1.82, 2.24) is 10.3 Å². The summed E-state index contributed by atoms with van der Waals surface area (Å²) in [6.07, 6.45) is 2.51. The van der Waals surface area contributed by atoms with Crippen molar-refractivity contribution in [3.05, 3.63) is 76.9 Å². The van der Waals surface area contributed by atoms with Crippen LogP contribution in [-0.2, 0) is 4.74 Å². The molecule has 0 aliphatic rings. The van der Waals surface area contributed by atoms with Gasteiger partial charge < -0.3 is 20.2 Å². The Labute approximate surface area is 168 Å². The number of fused-ring (bicyclic) bond motifs is 1. The first-order chi connectivity index (χ1) is 13.7. The molecule has 1 aromatic heterocycles. The van der Waals surface area contributed by atoms with Gasteiger partial charge in [-0.2, -0.15) is 0 Å². The van der Waals surface area contributed by atoms with E-state index in [-0.39, 0.29) is 12.4 Å². The number of H-pyrrole nitrogens is 1. The summed E-state index contributed by atoms with van der Waals surface area (Å²) in [5.74, 6) is -0.371. The van der Waals surface area contributed by atoms with Gasteiger partial charge >= 0.3 is 6.09 Å². The molecule has 0 spiro atoms. The normalized spacial score (nSPS) is 13.3. The molecule has 152 valence electrons. The number of alkyl carbamates (subject to hydrolysis) is 1. The minimum absolute atomic E-state index is 0.0199. The quantitative estimate of drug-likeness (QED) is 0.288. The third-order valence-electron chi connectivity index (χ3n) is 4.26. The van der Waals surface area contributed by atoms with Crippen molar-refractivity contribution >= 4 is 23.2 Å². The fourth-order valence-electron chi connectivity index (χ4n) is 3.00. The number of hydroxylamine groups is 1. The number of amides is 1. The number of aromatic nitrogens is 1. The summed E-state index contributed by atoms with van der Waals surface area (Å²) >= 11 is 0. The van der Waals surface area contributed by atoms with Crippen LogP contribution in [0.15, 0.2) is 54.7 Å². The SMILES string of the molecule is CC(C)(C)OC(=O)NCC(c1c[nH]c2cc(F)ccc12)/[N+]([O-])=C/c1ccccc1. The van der Waals surface area contributed by atoms with Gasteiger partial charge in [-0.05, 0) is 51.1 Å². The molecule has 0 saturated heterocycles. The Morgan fingerprint density at radius 3 is 2.69 bits per heavy atom. The number of nitrogens with zero attached hydrogens (tertiary/aromatic N) is 1. The Kier molecular flexibility index (Phi) is 5.87. The first-order valence-electron chi connectivity index (χ1n) is 9.32. The maximum Gasteiger partial charge on any atom is 0.407 e. The minimum atomic E-state index is -0.734. The van der Waals surface area contributed by atoms with Crippen LogP contribution in [0.3, 0.4) is 0 Å². The highest BCUT2D eigenvalue weighted by molar-refractivity contribution is 5.84. The van der Waals surface area contributed by atoms with E-state index in [1.54, 1.807) is 33.0 Å². The van der Waals surface area contributed by atoms with Crippen molar-refractivity contribution < 1.29 is 18.7 Å². The molecule has 3 rings (SSSR count). The molecule has 0 bridgehead atoms. The number of halogens is 1. The number of benzene rings is 2. The van der Waals surface area contributed by atoms with Gasteiger partial charge in [0.25, 0.3) is 0 Å². The molecule has 29 heavy (non-hydrogen) atoms. The summed E-state index contributed by atoms with van der Waals surface area (Å²) in [5.41, 5.74) is 1.31. The molecule has 1 amide bonds. The van der Waals surface area contributed by atoms with E-state index in [2.05, 4.69) is 10.3 Å². The van der Waals surface area contributed by atoms with Crippen LogP contribution < -0.4 is 5.32 Å². The Morgan fingerprint density at radius 2 is 2.00 bits per heavy atom. The first-order valence-corrected chi connectivity index (χ1v) is 9.32.